The van der Waals surface area contributed by atoms with Crippen LogP contribution in [0.5, 0.6) is 5.75 Å². The smallest absolute Gasteiger partial charge is 0.405 e. The molecule has 0 fully saturated rings. The number of guanidine groups is 2. The molecule has 0 aliphatic carbocycles. The van der Waals surface area contributed by atoms with Crippen LogP contribution in [0.15, 0.2) is 32.7 Å². The van der Waals surface area contributed by atoms with Crippen LogP contribution in [0.4, 0.5) is 18.9 Å². The van der Waals surface area contributed by atoms with Crippen molar-refractivity contribution < 1.29 is 17.9 Å². The van der Waals surface area contributed by atoms with Crippen molar-refractivity contribution in [2.24, 2.45) is 27.2 Å². The molecule has 0 amide bonds. The van der Waals surface area contributed by atoms with E-state index in [1.807, 2.05) is 0 Å². The number of hydrogen-bond acceptors (Lipinski definition) is 2. The molecule has 6 nitrogen and oxygen atoms in total. The van der Waals surface area contributed by atoms with Crippen molar-refractivity contribution in [3.8, 4) is 5.75 Å². The highest BCUT2D eigenvalue weighted by molar-refractivity contribution is 9.10. The van der Waals surface area contributed by atoms with Gasteiger partial charge in [-0.05, 0) is 28.1 Å². The van der Waals surface area contributed by atoms with Gasteiger partial charge < -0.3 is 21.9 Å². The zero-order chi connectivity index (χ0) is 14.6. The number of rotatable bonds is 2. The minimum Gasteiger partial charge on any atom is -0.405 e. The Morgan fingerprint density at radius 2 is 1.84 bits per heavy atom. The van der Waals surface area contributed by atoms with Gasteiger partial charge in [-0.15, -0.1) is 13.2 Å². The molecule has 0 atom stereocenters. The number of aliphatic imine (C=N–C) groups is 2. The molecule has 10 heteroatoms. The quantitative estimate of drug-likeness (QED) is 0.560. The summed E-state index contributed by atoms with van der Waals surface area (Å²) in [7, 11) is 0. The van der Waals surface area contributed by atoms with Crippen molar-refractivity contribution in [1.29, 1.82) is 0 Å². The van der Waals surface area contributed by atoms with Gasteiger partial charge in [0.05, 0.1) is 10.2 Å². The van der Waals surface area contributed by atoms with Gasteiger partial charge in [0.25, 0.3) is 0 Å². The summed E-state index contributed by atoms with van der Waals surface area (Å²) in [5.41, 5.74) is 15.6. The van der Waals surface area contributed by atoms with Crippen LogP contribution in [-0.4, -0.2) is 18.3 Å². The first kappa shape index (κ1) is 15.1. The molecule has 0 aliphatic rings. The van der Waals surface area contributed by atoms with Gasteiger partial charge in [0.15, 0.2) is 5.96 Å². The summed E-state index contributed by atoms with van der Waals surface area (Å²) in [6, 6.07) is 3.84. The monoisotopic (exact) mass is 339 g/mol. The van der Waals surface area contributed by atoms with Gasteiger partial charge >= 0.3 is 6.36 Å². The number of ether oxygens (including phenoxy) is 1. The van der Waals surface area contributed by atoms with Crippen molar-refractivity contribution in [3.63, 3.8) is 0 Å². The molecular weight excluding hydrogens is 331 g/mol. The molecule has 1 aromatic rings. The van der Waals surface area contributed by atoms with E-state index in [0.29, 0.717) is 0 Å². The van der Waals surface area contributed by atoms with Crippen LogP contribution in [0.25, 0.3) is 0 Å². The Hall–Kier alpha value is -1.97. The Morgan fingerprint density at radius 1 is 1.21 bits per heavy atom. The van der Waals surface area contributed by atoms with Crippen LogP contribution in [0, 0.1) is 0 Å². The molecule has 0 spiro atoms. The molecular formula is C9H9BrF3N5O. The van der Waals surface area contributed by atoms with Gasteiger partial charge in [-0.1, -0.05) is 6.07 Å². The van der Waals surface area contributed by atoms with E-state index in [9.17, 15) is 13.2 Å². The molecule has 6 N–H and O–H groups in total. The third-order valence-corrected chi connectivity index (χ3v) is 2.44. The Kier molecular flexibility index (Phi) is 4.59. The fraction of sp³-hybridized carbons (Fsp3) is 0.111. The van der Waals surface area contributed by atoms with Crippen molar-refractivity contribution in [2.75, 3.05) is 0 Å². The third kappa shape index (κ3) is 5.04. The molecule has 0 heterocycles. The maximum atomic E-state index is 12.1. The summed E-state index contributed by atoms with van der Waals surface area (Å²) in [5, 5.41) is 0. The van der Waals surface area contributed by atoms with E-state index >= 15 is 0 Å². The minimum absolute atomic E-state index is 0.0268. The van der Waals surface area contributed by atoms with Gasteiger partial charge in [0.2, 0.25) is 5.96 Å². The first-order valence-electron chi connectivity index (χ1n) is 4.67. The summed E-state index contributed by atoms with van der Waals surface area (Å²) in [6.45, 7) is 0. The van der Waals surface area contributed by atoms with E-state index in [-0.39, 0.29) is 22.1 Å². The van der Waals surface area contributed by atoms with Crippen LogP contribution in [0.3, 0.4) is 0 Å². The lowest BCUT2D eigenvalue weighted by molar-refractivity contribution is -0.274. The average molecular weight is 340 g/mol. The van der Waals surface area contributed by atoms with Gasteiger partial charge in [-0.2, -0.15) is 4.99 Å². The predicted octanol–water partition coefficient (Wildman–Crippen LogP) is 1.57. The summed E-state index contributed by atoms with van der Waals surface area (Å²) in [6.07, 6.45) is -4.81. The van der Waals surface area contributed by atoms with Gasteiger partial charge in [-0.3, -0.25) is 0 Å². The number of nitrogens with zero attached hydrogens (tertiary/aromatic N) is 2. The summed E-state index contributed by atoms with van der Waals surface area (Å²) >= 11 is 2.93. The van der Waals surface area contributed by atoms with Crippen LogP contribution in [0.1, 0.15) is 0 Å². The molecule has 0 saturated heterocycles. The number of halogens is 4. The highest BCUT2D eigenvalue weighted by Gasteiger charge is 2.32. The maximum Gasteiger partial charge on any atom is 0.573 e. The zero-order valence-corrected chi connectivity index (χ0v) is 10.9. The zero-order valence-electron chi connectivity index (χ0n) is 9.28. The van der Waals surface area contributed by atoms with E-state index in [1.54, 1.807) is 0 Å². The first-order chi connectivity index (χ1) is 8.69. The largest absolute Gasteiger partial charge is 0.573 e. The normalized spacial score (nSPS) is 12.1. The topological polar surface area (TPSA) is 112 Å². The SMILES string of the molecule is NC(N)=NC(N)=Nc1cccc(OC(F)(F)F)c1Br. The van der Waals surface area contributed by atoms with Gasteiger partial charge in [-0.25, -0.2) is 4.99 Å². The molecule has 0 saturated carbocycles. The lowest BCUT2D eigenvalue weighted by atomic mass is 10.3. The molecule has 1 aromatic carbocycles. The fourth-order valence-corrected chi connectivity index (χ4v) is 1.50. The van der Waals surface area contributed by atoms with Crippen LogP contribution in [-0.2, 0) is 0 Å². The van der Waals surface area contributed by atoms with Crippen molar-refractivity contribution in [1.82, 2.24) is 0 Å². The van der Waals surface area contributed by atoms with Crippen molar-refractivity contribution >= 4 is 33.5 Å². The molecule has 0 radical (unpaired) electrons. The Labute approximate surface area is 114 Å². The Morgan fingerprint density at radius 3 is 2.37 bits per heavy atom. The lowest BCUT2D eigenvalue weighted by Gasteiger charge is -2.11. The van der Waals surface area contributed by atoms with Gasteiger partial charge in [0.1, 0.15) is 5.75 Å². The molecule has 104 valence electrons. The highest BCUT2D eigenvalue weighted by atomic mass is 79.9. The van der Waals surface area contributed by atoms with E-state index in [4.69, 9.17) is 17.2 Å². The van der Waals surface area contributed by atoms with E-state index in [0.717, 1.165) is 6.07 Å². The molecule has 0 aliphatic heterocycles. The van der Waals surface area contributed by atoms with Crippen LogP contribution >= 0.6 is 15.9 Å². The second-order valence-electron chi connectivity index (χ2n) is 3.14. The number of alkyl halides is 3. The highest BCUT2D eigenvalue weighted by Crippen LogP contribution is 2.37. The fourth-order valence-electron chi connectivity index (χ4n) is 1.07. The molecule has 0 unspecified atom stereocenters. The number of nitrogens with two attached hydrogens (primary N) is 3. The predicted molar refractivity (Wildman–Crippen MR) is 67.9 cm³/mol. The van der Waals surface area contributed by atoms with E-state index < -0.39 is 12.1 Å². The standard InChI is InChI=1S/C9H9BrF3N5O/c10-6-4(17-8(16)18-7(14)15)2-1-3-5(6)19-9(11,12)13/h1-3H,(H6,14,15,16,17,18). The Bertz CT molecular complexity index is 525. The summed E-state index contributed by atoms with van der Waals surface area (Å²) in [4.78, 5) is 7.18. The summed E-state index contributed by atoms with van der Waals surface area (Å²) < 4.78 is 40.2. The molecule has 0 aromatic heterocycles. The molecule has 19 heavy (non-hydrogen) atoms. The van der Waals surface area contributed by atoms with E-state index in [2.05, 4.69) is 30.7 Å². The van der Waals surface area contributed by atoms with Crippen molar-refractivity contribution in [2.45, 2.75) is 6.36 Å². The second kappa shape index (κ2) is 5.78. The van der Waals surface area contributed by atoms with E-state index in [1.165, 1.54) is 12.1 Å². The van der Waals surface area contributed by atoms with Gasteiger partial charge in [0, 0.05) is 0 Å². The Balaban J connectivity index is 3.11. The van der Waals surface area contributed by atoms with Crippen LogP contribution in [0.2, 0.25) is 0 Å². The third-order valence-electron chi connectivity index (χ3n) is 1.65. The second-order valence-corrected chi connectivity index (χ2v) is 3.94. The van der Waals surface area contributed by atoms with Crippen LogP contribution < -0.4 is 21.9 Å². The maximum absolute atomic E-state index is 12.1. The minimum atomic E-state index is -4.81. The lowest BCUT2D eigenvalue weighted by Crippen LogP contribution is -2.26. The summed E-state index contributed by atoms with van der Waals surface area (Å²) in [5.74, 6) is -1.07. The van der Waals surface area contributed by atoms with Crippen molar-refractivity contribution in [3.05, 3.63) is 22.7 Å². The average Bonchev–Trinajstić information content (AvgIpc) is 2.20. The number of hydrogen-bond donors (Lipinski definition) is 3. The number of benzene rings is 1. The molecule has 1 rings (SSSR count). The first-order valence-corrected chi connectivity index (χ1v) is 5.46. The molecule has 0 bridgehead atoms.